The minimum atomic E-state index is -4.62. The van der Waals surface area contributed by atoms with Crippen molar-refractivity contribution in [1.29, 1.82) is 0 Å². The van der Waals surface area contributed by atoms with Gasteiger partial charge < -0.3 is 26.1 Å². The lowest BCUT2D eigenvalue weighted by molar-refractivity contribution is -0.137. The van der Waals surface area contributed by atoms with Gasteiger partial charge >= 0.3 is 6.18 Å². The van der Waals surface area contributed by atoms with Gasteiger partial charge in [0.15, 0.2) is 0 Å². The number of alkyl halides is 3. The molecule has 2 aromatic carbocycles. The summed E-state index contributed by atoms with van der Waals surface area (Å²) in [7, 11) is 1.34. The molecule has 0 unspecified atom stereocenters. The number of rotatable bonds is 9. The number of carbonyl (C=O) groups excluding carboxylic acids is 1. The summed E-state index contributed by atoms with van der Waals surface area (Å²) in [6.07, 6.45) is 0.267. The molecule has 2 aromatic heterocycles. The van der Waals surface area contributed by atoms with Crippen LogP contribution in [0.3, 0.4) is 0 Å². The van der Waals surface area contributed by atoms with Crippen molar-refractivity contribution < 1.29 is 22.7 Å². The number of nitrogens with one attached hydrogen (secondary N) is 3. The number of halogens is 3. The van der Waals surface area contributed by atoms with Gasteiger partial charge in [-0.25, -0.2) is 10.8 Å². The number of ether oxygens (including phenoxy) is 1. The van der Waals surface area contributed by atoms with Gasteiger partial charge in [0.1, 0.15) is 11.4 Å². The first-order chi connectivity index (χ1) is 19.4. The van der Waals surface area contributed by atoms with E-state index in [9.17, 15) is 18.0 Å². The van der Waals surface area contributed by atoms with Gasteiger partial charge in [-0.2, -0.15) is 13.2 Å². The summed E-state index contributed by atoms with van der Waals surface area (Å²) in [4.78, 5) is 20.6. The number of hydrazine groups is 1. The van der Waals surface area contributed by atoms with Crippen LogP contribution in [0.15, 0.2) is 61.1 Å². The van der Waals surface area contributed by atoms with Gasteiger partial charge in [0.05, 0.1) is 29.7 Å². The topological polar surface area (TPSA) is 134 Å². The van der Waals surface area contributed by atoms with Crippen LogP contribution in [-0.4, -0.2) is 29.0 Å². The predicted octanol–water partition coefficient (Wildman–Crippen LogP) is 5.29. The summed E-state index contributed by atoms with van der Waals surface area (Å²) in [5, 5.41) is 7.83. The second-order valence-corrected chi connectivity index (χ2v) is 9.84. The SMILES string of the molecule is COc1c(CNC(C)C)cc(C(F)(F)F)cc1NC(=O)c1ccc(C)c(N(N)/C=C(\N)c2cnc3[nH]ccc3c2)c1. The standard InChI is InChI=1S/C29H32F3N7O2/c1-16(2)36-14-21-10-22(29(30,31)32)12-24(26(21)41-4)38-28(40)19-6-5-17(3)25(11-19)39(34)15-23(33)20-9-18-7-8-35-27(18)37-13-20/h5-13,15-16,36H,14,33-34H2,1-4H3,(H,35,37)(H,38,40)/b23-15-. The van der Waals surface area contributed by atoms with E-state index < -0.39 is 17.6 Å². The number of nitrogens with zero attached hydrogens (tertiary/aromatic N) is 2. The van der Waals surface area contributed by atoms with Crippen molar-refractivity contribution in [3.63, 3.8) is 0 Å². The van der Waals surface area contributed by atoms with E-state index in [1.54, 1.807) is 31.5 Å². The third kappa shape index (κ3) is 6.79. The third-order valence-corrected chi connectivity index (χ3v) is 6.41. The van der Waals surface area contributed by atoms with Crippen LogP contribution in [0.1, 0.15) is 46.5 Å². The number of aryl methyl sites for hydroxylation is 1. The summed E-state index contributed by atoms with van der Waals surface area (Å²) < 4.78 is 46.5. The molecule has 216 valence electrons. The highest BCUT2D eigenvalue weighted by Crippen LogP contribution is 2.38. The number of amides is 1. The highest BCUT2D eigenvalue weighted by atomic mass is 19.4. The highest BCUT2D eigenvalue weighted by molar-refractivity contribution is 6.06. The lowest BCUT2D eigenvalue weighted by Crippen LogP contribution is -2.27. The number of aromatic amines is 1. The second-order valence-electron chi connectivity index (χ2n) is 9.84. The van der Waals surface area contributed by atoms with E-state index >= 15 is 0 Å². The molecule has 7 N–H and O–H groups in total. The molecule has 0 fully saturated rings. The number of fused-ring (bicyclic) bond motifs is 1. The molecule has 12 heteroatoms. The smallest absolute Gasteiger partial charge is 0.416 e. The second kappa shape index (κ2) is 11.9. The van der Waals surface area contributed by atoms with Crippen LogP contribution in [0.4, 0.5) is 24.5 Å². The molecular formula is C29H32F3N7O2. The Hall–Kier alpha value is -4.55. The van der Waals surface area contributed by atoms with E-state index in [1.165, 1.54) is 24.4 Å². The van der Waals surface area contributed by atoms with E-state index in [1.807, 2.05) is 26.0 Å². The van der Waals surface area contributed by atoms with E-state index in [2.05, 4.69) is 20.6 Å². The molecule has 0 saturated heterocycles. The van der Waals surface area contributed by atoms with Gasteiger partial charge in [0.25, 0.3) is 5.91 Å². The Morgan fingerprint density at radius 3 is 2.61 bits per heavy atom. The van der Waals surface area contributed by atoms with Gasteiger partial charge in [0.2, 0.25) is 0 Å². The minimum absolute atomic E-state index is 0.0216. The normalized spacial score (nSPS) is 12.2. The fourth-order valence-electron chi connectivity index (χ4n) is 4.25. The molecule has 9 nitrogen and oxygen atoms in total. The summed E-state index contributed by atoms with van der Waals surface area (Å²) in [6.45, 7) is 5.67. The van der Waals surface area contributed by atoms with Gasteiger partial charge in [-0.3, -0.25) is 9.80 Å². The van der Waals surface area contributed by atoms with Gasteiger partial charge in [-0.1, -0.05) is 19.9 Å². The number of pyridine rings is 1. The summed E-state index contributed by atoms with van der Waals surface area (Å²) in [5.41, 5.74) is 8.63. The van der Waals surface area contributed by atoms with E-state index in [0.717, 1.165) is 28.7 Å². The Labute approximate surface area is 235 Å². The quantitative estimate of drug-likeness (QED) is 0.137. The zero-order chi connectivity index (χ0) is 29.9. The van der Waals surface area contributed by atoms with Gasteiger partial charge in [0, 0.05) is 53.3 Å². The van der Waals surface area contributed by atoms with Crippen molar-refractivity contribution >= 4 is 34.0 Å². The lowest BCUT2D eigenvalue weighted by Gasteiger charge is -2.20. The Morgan fingerprint density at radius 2 is 1.93 bits per heavy atom. The Bertz CT molecular complexity index is 1600. The molecule has 0 aliphatic heterocycles. The molecule has 0 spiro atoms. The van der Waals surface area contributed by atoms with Crippen molar-refractivity contribution in [3.8, 4) is 5.75 Å². The highest BCUT2D eigenvalue weighted by Gasteiger charge is 2.33. The molecule has 0 aliphatic carbocycles. The van der Waals surface area contributed by atoms with Crippen LogP contribution in [-0.2, 0) is 12.7 Å². The van der Waals surface area contributed by atoms with Crippen molar-refractivity contribution in [2.75, 3.05) is 17.4 Å². The van der Waals surface area contributed by atoms with Crippen LogP contribution >= 0.6 is 0 Å². The van der Waals surface area contributed by atoms with Crippen LogP contribution in [0.2, 0.25) is 0 Å². The van der Waals surface area contributed by atoms with Crippen molar-refractivity contribution in [3.05, 3.63) is 88.9 Å². The molecule has 0 bridgehead atoms. The summed E-state index contributed by atoms with van der Waals surface area (Å²) in [6, 6.07) is 10.4. The minimum Gasteiger partial charge on any atom is -0.494 e. The Morgan fingerprint density at radius 1 is 1.17 bits per heavy atom. The fourth-order valence-corrected chi connectivity index (χ4v) is 4.25. The number of benzene rings is 2. The number of hydrogen-bond donors (Lipinski definition) is 5. The maximum atomic E-state index is 13.7. The molecular weight excluding hydrogens is 535 g/mol. The van der Waals surface area contributed by atoms with Crippen LogP contribution in [0.25, 0.3) is 16.7 Å². The first-order valence-electron chi connectivity index (χ1n) is 12.8. The van der Waals surface area contributed by atoms with Crippen molar-refractivity contribution in [2.45, 2.75) is 39.5 Å². The zero-order valence-electron chi connectivity index (χ0n) is 23.1. The average Bonchev–Trinajstić information content (AvgIpc) is 3.39. The molecule has 4 rings (SSSR count). The molecule has 1 amide bonds. The number of H-pyrrole nitrogens is 1. The Kier molecular flexibility index (Phi) is 8.55. The number of nitrogens with two attached hydrogens (primary N) is 2. The molecule has 4 aromatic rings. The predicted molar refractivity (Wildman–Crippen MR) is 154 cm³/mol. The molecule has 0 aliphatic rings. The fraction of sp³-hybridized carbons (Fsp3) is 0.241. The van der Waals surface area contributed by atoms with Crippen molar-refractivity contribution in [1.82, 2.24) is 15.3 Å². The first-order valence-corrected chi connectivity index (χ1v) is 12.8. The third-order valence-electron chi connectivity index (χ3n) is 6.41. The number of methoxy groups -OCH3 is 1. The maximum Gasteiger partial charge on any atom is 0.416 e. The molecule has 2 heterocycles. The number of anilines is 2. The monoisotopic (exact) mass is 567 g/mol. The molecule has 0 saturated carbocycles. The van der Waals surface area contributed by atoms with E-state index in [-0.39, 0.29) is 35.2 Å². The van der Waals surface area contributed by atoms with E-state index in [0.29, 0.717) is 16.9 Å². The van der Waals surface area contributed by atoms with Crippen LogP contribution < -0.4 is 32.0 Å². The molecule has 41 heavy (non-hydrogen) atoms. The van der Waals surface area contributed by atoms with Crippen molar-refractivity contribution in [2.24, 2.45) is 11.6 Å². The Balaban J connectivity index is 1.63. The number of carbonyl (C=O) groups is 1. The maximum absolute atomic E-state index is 13.7. The average molecular weight is 568 g/mol. The van der Waals surface area contributed by atoms with E-state index in [4.69, 9.17) is 16.3 Å². The number of hydrogen-bond acceptors (Lipinski definition) is 7. The molecule has 0 radical (unpaired) electrons. The summed E-state index contributed by atoms with van der Waals surface area (Å²) >= 11 is 0. The zero-order valence-corrected chi connectivity index (χ0v) is 23.1. The number of aromatic nitrogens is 2. The summed E-state index contributed by atoms with van der Waals surface area (Å²) in [5.74, 6) is 5.80. The first kappa shape index (κ1) is 29.4. The van der Waals surface area contributed by atoms with Gasteiger partial charge in [-0.05, 0) is 48.9 Å². The molecule has 0 atom stereocenters. The van der Waals surface area contributed by atoms with Gasteiger partial charge in [-0.15, -0.1) is 0 Å². The largest absolute Gasteiger partial charge is 0.494 e. The lowest BCUT2D eigenvalue weighted by atomic mass is 10.1. The van der Waals surface area contributed by atoms with Crippen LogP contribution in [0.5, 0.6) is 5.75 Å². The van der Waals surface area contributed by atoms with Crippen LogP contribution in [0, 0.1) is 6.92 Å².